The number of para-hydroxylation sites is 1. The molecule has 0 saturated heterocycles. The first-order valence-corrected chi connectivity index (χ1v) is 12.5. The van der Waals surface area contributed by atoms with Crippen LogP contribution in [0.15, 0.2) is 67.0 Å². The Labute approximate surface area is 220 Å². The Balaban J connectivity index is 1.54. The fraction of sp³-hybridized carbons (Fsp3) is 0.321. The molecule has 0 bridgehead atoms. The van der Waals surface area contributed by atoms with Crippen molar-refractivity contribution < 1.29 is 19.1 Å². The number of amides is 2. The summed E-state index contributed by atoms with van der Waals surface area (Å²) in [6.45, 7) is 6.12. The van der Waals surface area contributed by atoms with E-state index in [4.69, 9.17) is 9.47 Å². The topological polar surface area (TPSA) is 111 Å². The number of carbonyl (C=O) groups excluding carboxylic acids is 2. The van der Waals surface area contributed by atoms with E-state index in [1.165, 1.54) is 0 Å². The highest BCUT2D eigenvalue weighted by Gasteiger charge is 2.34. The lowest BCUT2D eigenvalue weighted by molar-refractivity contribution is -0.143. The van der Waals surface area contributed by atoms with Gasteiger partial charge in [-0.25, -0.2) is 4.68 Å². The average molecular weight is 515 g/mol. The molecule has 2 aromatic carbocycles. The normalized spacial score (nSPS) is 13.3. The highest BCUT2D eigenvalue weighted by atomic mass is 16.7. The van der Waals surface area contributed by atoms with E-state index in [-0.39, 0.29) is 31.7 Å². The van der Waals surface area contributed by atoms with Crippen molar-refractivity contribution in [1.82, 2.24) is 30.2 Å². The molecule has 10 heteroatoms. The second-order valence-corrected chi connectivity index (χ2v) is 9.86. The Morgan fingerprint density at radius 2 is 1.92 bits per heavy atom. The zero-order valence-electron chi connectivity index (χ0n) is 21.6. The third-order valence-corrected chi connectivity index (χ3v) is 6.72. The van der Waals surface area contributed by atoms with Gasteiger partial charge < -0.3 is 19.7 Å². The lowest BCUT2D eigenvalue weighted by Gasteiger charge is -2.34. The van der Waals surface area contributed by atoms with Crippen LogP contribution in [0, 0.1) is 0 Å². The van der Waals surface area contributed by atoms with Crippen molar-refractivity contribution in [2.45, 2.75) is 51.9 Å². The second kappa shape index (κ2) is 10.5. The summed E-state index contributed by atoms with van der Waals surface area (Å²) >= 11 is 0. The predicted octanol–water partition coefficient (Wildman–Crippen LogP) is 3.63. The van der Waals surface area contributed by atoms with Crippen molar-refractivity contribution in [1.29, 1.82) is 0 Å². The van der Waals surface area contributed by atoms with Gasteiger partial charge >= 0.3 is 0 Å². The largest absolute Gasteiger partial charge is 0.454 e. The van der Waals surface area contributed by atoms with E-state index in [9.17, 15) is 9.59 Å². The molecule has 10 nitrogen and oxygen atoms in total. The van der Waals surface area contributed by atoms with Crippen LogP contribution in [0.5, 0.6) is 11.5 Å². The quantitative estimate of drug-likeness (QED) is 0.363. The van der Waals surface area contributed by atoms with Gasteiger partial charge in [0, 0.05) is 30.0 Å². The van der Waals surface area contributed by atoms with Crippen LogP contribution in [-0.4, -0.2) is 49.0 Å². The van der Waals surface area contributed by atoms with Gasteiger partial charge in [0.15, 0.2) is 11.5 Å². The molecule has 38 heavy (non-hydrogen) atoms. The first kappa shape index (κ1) is 25.2. The van der Waals surface area contributed by atoms with E-state index in [1.54, 1.807) is 34.1 Å². The number of aromatic nitrogens is 4. The molecular formula is C28H30N6O4. The Morgan fingerprint density at radius 1 is 1.11 bits per heavy atom. The van der Waals surface area contributed by atoms with Gasteiger partial charge in [-0.3, -0.25) is 14.6 Å². The predicted molar refractivity (Wildman–Crippen MR) is 140 cm³/mol. The molecule has 2 amide bonds. The minimum Gasteiger partial charge on any atom is -0.454 e. The maximum atomic E-state index is 14.0. The van der Waals surface area contributed by atoms with Crippen molar-refractivity contribution in [2.24, 2.45) is 0 Å². The van der Waals surface area contributed by atoms with Crippen molar-refractivity contribution in [3.05, 3.63) is 78.1 Å². The summed E-state index contributed by atoms with van der Waals surface area (Å²) in [5.41, 5.74) is 2.36. The van der Waals surface area contributed by atoms with Gasteiger partial charge in [-0.05, 0) is 56.2 Å². The van der Waals surface area contributed by atoms with Crippen LogP contribution in [0.4, 0.5) is 0 Å². The zero-order valence-corrected chi connectivity index (χ0v) is 21.6. The third-order valence-electron chi connectivity index (χ3n) is 6.72. The molecule has 196 valence electrons. The monoisotopic (exact) mass is 514 g/mol. The van der Waals surface area contributed by atoms with Crippen molar-refractivity contribution in [2.75, 3.05) is 6.79 Å². The molecule has 1 aliphatic rings. The molecule has 1 N–H and O–H groups in total. The van der Waals surface area contributed by atoms with Crippen LogP contribution < -0.4 is 14.8 Å². The van der Waals surface area contributed by atoms with Crippen molar-refractivity contribution in [3.8, 4) is 11.5 Å². The first-order valence-electron chi connectivity index (χ1n) is 12.5. The molecule has 4 aromatic rings. The number of hydrogen-bond acceptors (Lipinski definition) is 7. The number of nitrogens with zero attached hydrogens (tertiary/aromatic N) is 5. The molecule has 2 aromatic heterocycles. The highest BCUT2D eigenvalue weighted by molar-refractivity contribution is 5.89. The minimum atomic E-state index is -0.928. The third kappa shape index (κ3) is 5.29. The Kier molecular flexibility index (Phi) is 6.95. The number of carbonyl (C=O) groups is 2. The molecule has 0 radical (unpaired) electrons. The molecule has 1 aliphatic heterocycles. The van der Waals surface area contributed by atoms with Gasteiger partial charge in [-0.2, -0.15) is 0 Å². The summed E-state index contributed by atoms with van der Waals surface area (Å²) in [4.78, 5) is 33.7. The van der Waals surface area contributed by atoms with Crippen LogP contribution >= 0.6 is 0 Å². The molecule has 0 aliphatic carbocycles. The summed E-state index contributed by atoms with van der Waals surface area (Å²) in [6, 6.07) is 15.6. The number of pyridine rings is 1. The smallest absolute Gasteiger partial charge is 0.247 e. The van der Waals surface area contributed by atoms with Gasteiger partial charge in [-0.15, -0.1) is 5.10 Å². The van der Waals surface area contributed by atoms with Crippen molar-refractivity contribution in [3.63, 3.8) is 0 Å². The van der Waals surface area contributed by atoms with E-state index >= 15 is 0 Å². The molecule has 5 rings (SSSR count). The Bertz CT molecular complexity index is 1450. The number of ether oxygens (including phenoxy) is 2. The van der Waals surface area contributed by atoms with Gasteiger partial charge in [0.05, 0.1) is 5.52 Å². The number of benzene rings is 2. The lowest BCUT2D eigenvalue weighted by Crippen LogP contribution is -2.50. The fourth-order valence-corrected chi connectivity index (χ4v) is 4.31. The summed E-state index contributed by atoms with van der Waals surface area (Å²) in [5, 5.41) is 11.5. The lowest BCUT2D eigenvalue weighted by atomic mass is 9.99. The van der Waals surface area contributed by atoms with Crippen LogP contribution in [0.1, 0.15) is 44.4 Å². The van der Waals surface area contributed by atoms with E-state index in [0.29, 0.717) is 22.6 Å². The van der Waals surface area contributed by atoms with Gasteiger partial charge in [0.2, 0.25) is 18.6 Å². The Morgan fingerprint density at radius 3 is 2.71 bits per heavy atom. The summed E-state index contributed by atoms with van der Waals surface area (Å²) in [5.74, 6) is 0.664. The molecule has 1 atom stereocenters. The van der Waals surface area contributed by atoms with Gasteiger partial charge in [0.25, 0.3) is 0 Å². The first-order chi connectivity index (χ1) is 18.3. The summed E-state index contributed by atoms with van der Waals surface area (Å²) < 4.78 is 12.5. The van der Waals surface area contributed by atoms with Crippen molar-refractivity contribution >= 4 is 22.8 Å². The highest BCUT2D eigenvalue weighted by Crippen LogP contribution is 2.34. The van der Waals surface area contributed by atoms with Gasteiger partial charge in [-0.1, -0.05) is 36.4 Å². The molecule has 0 unspecified atom stereocenters. The van der Waals surface area contributed by atoms with E-state index < -0.39 is 11.6 Å². The minimum absolute atomic E-state index is 0.0910. The molecule has 0 spiro atoms. The van der Waals surface area contributed by atoms with Crippen LogP contribution in [-0.2, 0) is 22.7 Å². The van der Waals surface area contributed by atoms with E-state index in [2.05, 4.69) is 20.6 Å². The summed E-state index contributed by atoms with van der Waals surface area (Å²) in [6.07, 6.45) is 3.98. The standard InChI is InChI=1S/C28H30N6O4/c1-4-28(2,3)30-27(36)26(20-8-7-13-29-15-20)33(16-19-11-12-23-24(14-19)38-18-37-23)25(35)17-34-22-10-6-5-9-21(22)31-32-34/h5-15,26H,4,16-18H2,1-3H3,(H,30,36)/t26-/m1/s1. The summed E-state index contributed by atoms with van der Waals surface area (Å²) in [7, 11) is 0. The second-order valence-electron chi connectivity index (χ2n) is 9.86. The fourth-order valence-electron chi connectivity index (χ4n) is 4.31. The Hall–Kier alpha value is -4.47. The average Bonchev–Trinajstić information content (AvgIpc) is 3.55. The molecule has 0 saturated carbocycles. The van der Waals surface area contributed by atoms with Crippen LogP contribution in [0.25, 0.3) is 11.0 Å². The molecule has 0 fully saturated rings. The SMILES string of the molecule is CCC(C)(C)NC(=O)[C@@H](c1cccnc1)N(Cc1ccc2c(c1)OCO2)C(=O)Cn1nnc2ccccc21. The maximum Gasteiger partial charge on any atom is 0.247 e. The van der Waals surface area contributed by atoms with Crippen LogP contribution in [0.2, 0.25) is 0 Å². The van der Waals surface area contributed by atoms with Crippen LogP contribution in [0.3, 0.4) is 0 Å². The van der Waals surface area contributed by atoms with E-state index in [1.807, 2.05) is 63.2 Å². The number of fused-ring (bicyclic) bond motifs is 2. The zero-order chi connectivity index (χ0) is 26.7. The van der Waals surface area contributed by atoms with Gasteiger partial charge in [0.1, 0.15) is 18.1 Å². The number of rotatable bonds is 9. The number of hydrogen-bond donors (Lipinski definition) is 1. The number of nitrogens with one attached hydrogen (secondary N) is 1. The maximum absolute atomic E-state index is 14.0. The molecular weight excluding hydrogens is 484 g/mol. The van der Waals surface area contributed by atoms with E-state index in [0.717, 1.165) is 17.5 Å². The molecule has 3 heterocycles.